The van der Waals surface area contributed by atoms with Crippen molar-refractivity contribution in [3.8, 4) is 0 Å². The van der Waals surface area contributed by atoms with Crippen molar-refractivity contribution in [1.82, 2.24) is 9.88 Å². The molecule has 8 aliphatic carbocycles. The van der Waals surface area contributed by atoms with E-state index >= 15 is 0 Å². The maximum atomic E-state index is 4.55. The highest BCUT2D eigenvalue weighted by molar-refractivity contribution is 5.90. The van der Waals surface area contributed by atoms with E-state index in [1.807, 2.05) is 6.20 Å². The highest BCUT2D eigenvalue weighted by Crippen LogP contribution is 2.58. The lowest BCUT2D eigenvalue weighted by molar-refractivity contribution is 0.254. The number of nitrogens with zero attached hydrogens (tertiary/aromatic N) is 3. The van der Waals surface area contributed by atoms with Crippen molar-refractivity contribution < 1.29 is 0 Å². The van der Waals surface area contributed by atoms with E-state index in [-0.39, 0.29) is 5.41 Å². The van der Waals surface area contributed by atoms with E-state index in [0.29, 0.717) is 47.7 Å². The van der Waals surface area contributed by atoms with Crippen molar-refractivity contribution in [3.05, 3.63) is 208 Å². The molecule has 3 heteroatoms. The molecule has 0 saturated heterocycles. The Morgan fingerprint density at radius 3 is 2.61 bits per heavy atom. The molecule has 12 rings (SSSR count). The van der Waals surface area contributed by atoms with Crippen LogP contribution in [0, 0.1) is 29.1 Å². The van der Waals surface area contributed by atoms with Gasteiger partial charge in [-0.2, -0.15) is 0 Å². The number of hydrogen-bond acceptors (Lipinski definition) is 3. The summed E-state index contributed by atoms with van der Waals surface area (Å²) >= 11 is 0. The third kappa shape index (κ3) is 5.63. The molecule has 1 fully saturated rings. The molecule has 3 nitrogen and oxygen atoms in total. The average Bonchev–Trinajstić information content (AvgIpc) is 3.89. The van der Waals surface area contributed by atoms with E-state index in [1.54, 1.807) is 16.7 Å². The van der Waals surface area contributed by atoms with Crippen LogP contribution in [0.5, 0.6) is 0 Å². The fourth-order valence-corrected chi connectivity index (χ4v) is 12.9. The van der Waals surface area contributed by atoms with E-state index in [0.717, 1.165) is 38.5 Å². The number of para-hydroxylation sites is 1. The topological polar surface area (TPSA) is 19.4 Å². The fraction of sp³-hybridized carbons (Fsp3) is 0.339. The standard InChI is InChI=1S/C56H55N3/c1-56(2)50-19-9-6-16-44(50)47-34-42(24-25-51(47)56)58-52-20-10-7-17-45(52)48-32-37(22-26-54(48)58)38-23-27-55-49(33-38)46-18-8-11-21-53(46)59(55)43-30-40(36-13-4-3-5-14-36)29-41(31-43)39-15-12-28-57-35-39/h3-4,6,8-13,15-16,18-22,25-26,28-30,32-35,38,41-42,44,48,50,54-55H,5,7,14,17,23-24,27,31H2,1-2H3. The van der Waals surface area contributed by atoms with Crippen molar-refractivity contribution in [2.45, 2.75) is 89.3 Å². The Balaban J connectivity index is 0.858. The Hall–Kier alpha value is -5.41. The monoisotopic (exact) mass is 769 g/mol. The molecule has 1 aromatic carbocycles. The first-order valence-corrected chi connectivity index (χ1v) is 22.7. The zero-order valence-electron chi connectivity index (χ0n) is 34.6. The van der Waals surface area contributed by atoms with Crippen LogP contribution >= 0.6 is 0 Å². The lowest BCUT2D eigenvalue weighted by Crippen LogP contribution is -2.41. The van der Waals surface area contributed by atoms with Gasteiger partial charge in [0.15, 0.2) is 0 Å². The molecule has 294 valence electrons. The lowest BCUT2D eigenvalue weighted by atomic mass is 9.75. The summed E-state index contributed by atoms with van der Waals surface area (Å²) in [5.41, 5.74) is 17.9. The molecule has 0 spiro atoms. The van der Waals surface area contributed by atoms with E-state index < -0.39 is 0 Å². The number of anilines is 1. The van der Waals surface area contributed by atoms with Crippen LogP contribution in [0.4, 0.5) is 5.69 Å². The SMILES string of the molecule is CC1(C)C2=CCC(N3C4=C(CCC=C4)C4C=C(C5C=C6c7ccccc7N(C7=CC(C8=CC=CCC8)=CC(c8cccnc8)C7)C6CC5)C=CC43)C=C2C2C=CC=CC21. The average molecular weight is 770 g/mol. The van der Waals surface area contributed by atoms with Gasteiger partial charge in [0.25, 0.3) is 0 Å². The third-order valence-electron chi connectivity index (χ3n) is 15.7. The number of aromatic nitrogens is 1. The Labute approximate surface area is 351 Å². The van der Waals surface area contributed by atoms with E-state index in [1.165, 1.54) is 63.3 Å². The molecule has 0 bridgehead atoms. The highest BCUT2D eigenvalue weighted by Gasteiger charge is 2.50. The van der Waals surface area contributed by atoms with Crippen LogP contribution in [-0.4, -0.2) is 28.0 Å². The van der Waals surface area contributed by atoms with Crippen LogP contribution in [0.1, 0.15) is 82.3 Å². The quantitative estimate of drug-likeness (QED) is 0.302. The summed E-state index contributed by atoms with van der Waals surface area (Å²) in [5.74, 6) is 2.22. The number of fused-ring (bicyclic) bond motifs is 8. The molecule has 10 aliphatic rings. The van der Waals surface area contributed by atoms with Crippen LogP contribution in [0.15, 0.2) is 197 Å². The molecule has 0 amide bonds. The number of pyridine rings is 1. The number of benzene rings is 1. The molecule has 1 aromatic heterocycles. The van der Waals surface area contributed by atoms with Gasteiger partial charge in [-0.25, -0.2) is 0 Å². The molecule has 1 saturated carbocycles. The maximum absolute atomic E-state index is 4.55. The number of rotatable bonds is 5. The van der Waals surface area contributed by atoms with Crippen molar-refractivity contribution in [2.24, 2.45) is 29.1 Å². The van der Waals surface area contributed by atoms with Gasteiger partial charge >= 0.3 is 0 Å². The molecule has 0 radical (unpaired) electrons. The van der Waals surface area contributed by atoms with E-state index in [9.17, 15) is 0 Å². The second-order valence-electron chi connectivity index (χ2n) is 19.1. The van der Waals surface area contributed by atoms with E-state index in [2.05, 4.69) is 175 Å². The second kappa shape index (κ2) is 13.8. The van der Waals surface area contributed by atoms with Gasteiger partial charge in [0, 0.05) is 58.7 Å². The zero-order valence-corrected chi connectivity index (χ0v) is 34.6. The van der Waals surface area contributed by atoms with Crippen molar-refractivity contribution in [2.75, 3.05) is 4.90 Å². The number of allylic oxidation sites excluding steroid dienone is 19. The summed E-state index contributed by atoms with van der Waals surface area (Å²) in [6, 6.07) is 14.7. The van der Waals surface area contributed by atoms with Crippen molar-refractivity contribution in [3.63, 3.8) is 0 Å². The van der Waals surface area contributed by atoms with Crippen molar-refractivity contribution in [1.29, 1.82) is 0 Å². The molecule has 3 heterocycles. The normalized spacial score (nSPS) is 33.1. The fourth-order valence-electron chi connectivity index (χ4n) is 12.9. The minimum absolute atomic E-state index is 0.179. The van der Waals surface area contributed by atoms with Gasteiger partial charge in [0.05, 0.1) is 18.1 Å². The Morgan fingerprint density at radius 2 is 1.71 bits per heavy atom. The Morgan fingerprint density at radius 1 is 0.797 bits per heavy atom. The third-order valence-corrected chi connectivity index (χ3v) is 15.7. The van der Waals surface area contributed by atoms with E-state index in [4.69, 9.17) is 0 Å². The first-order valence-electron chi connectivity index (χ1n) is 22.7. The van der Waals surface area contributed by atoms with Gasteiger partial charge < -0.3 is 9.80 Å². The summed E-state index contributed by atoms with van der Waals surface area (Å²) in [6.07, 6.45) is 55.0. The van der Waals surface area contributed by atoms with Gasteiger partial charge in [-0.15, -0.1) is 0 Å². The largest absolute Gasteiger partial charge is 0.357 e. The maximum Gasteiger partial charge on any atom is 0.0592 e. The highest BCUT2D eigenvalue weighted by atomic mass is 15.2. The second-order valence-corrected chi connectivity index (χ2v) is 19.1. The minimum Gasteiger partial charge on any atom is -0.357 e. The van der Waals surface area contributed by atoms with Gasteiger partial charge in [-0.1, -0.05) is 129 Å². The van der Waals surface area contributed by atoms with Crippen LogP contribution < -0.4 is 4.90 Å². The molecule has 2 aliphatic heterocycles. The smallest absolute Gasteiger partial charge is 0.0592 e. The molecule has 2 aromatic rings. The van der Waals surface area contributed by atoms with Crippen LogP contribution in [0.2, 0.25) is 0 Å². The summed E-state index contributed by atoms with van der Waals surface area (Å²) in [7, 11) is 0. The van der Waals surface area contributed by atoms with Crippen molar-refractivity contribution >= 4 is 11.3 Å². The van der Waals surface area contributed by atoms with Gasteiger partial charge in [-0.05, 0) is 132 Å². The summed E-state index contributed by atoms with van der Waals surface area (Å²) < 4.78 is 0. The zero-order chi connectivity index (χ0) is 39.2. The number of hydrogen-bond donors (Lipinski definition) is 0. The van der Waals surface area contributed by atoms with Gasteiger partial charge in [-0.3, -0.25) is 4.98 Å². The van der Waals surface area contributed by atoms with Gasteiger partial charge in [0.1, 0.15) is 0 Å². The summed E-state index contributed by atoms with van der Waals surface area (Å²) in [5, 5.41) is 0. The molecular weight excluding hydrogens is 715 g/mol. The first-order chi connectivity index (χ1) is 29.0. The predicted molar refractivity (Wildman–Crippen MR) is 243 cm³/mol. The Bertz CT molecular complexity index is 2530. The van der Waals surface area contributed by atoms with Crippen LogP contribution in [0.25, 0.3) is 5.57 Å². The molecule has 59 heavy (non-hydrogen) atoms. The Kier molecular flexibility index (Phi) is 8.33. The summed E-state index contributed by atoms with van der Waals surface area (Å²) in [6.45, 7) is 4.93. The van der Waals surface area contributed by atoms with Crippen LogP contribution in [0.3, 0.4) is 0 Å². The molecule has 0 N–H and O–H groups in total. The lowest BCUT2D eigenvalue weighted by Gasteiger charge is -2.39. The summed E-state index contributed by atoms with van der Waals surface area (Å²) in [4.78, 5) is 10.1. The molecule has 8 unspecified atom stereocenters. The van der Waals surface area contributed by atoms with Gasteiger partial charge in [0.2, 0.25) is 0 Å². The minimum atomic E-state index is 0.179. The predicted octanol–water partition coefficient (Wildman–Crippen LogP) is 12.8. The molecular formula is C56H55N3. The van der Waals surface area contributed by atoms with Crippen LogP contribution in [-0.2, 0) is 0 Å². The first kappa shape index (κ1) is 35.5. The molecule has 8 atom stereocenters.